The Balaban J connectivity index is 1.72. The van der Waals surface area contributed by atoms with E-state index >= 15 is 0 Å². The number of carbonyl (C=O) groups excluding carboxylic acids is 1. The van der Waals surface area contributed by atoms with Crippen molar-refractivity contribution in [3.05, 3.63) is 36.5 Å². The Labute approximate surface area is 506 Å². The average molecular weight is 1180 g/mol. The number of allylic oxidation sites excluding steroid dienone is 5. The van der Waals surface area contributed by atoms with Crippen LogP contribution in [0.3, 0.4) is 0 Å². The van der Waals surface area contributed by atoms with E-state index < -0.39 is 86.8 Å². The van der Waals surface area contributed by atoms with Crippen molar-refractivity contribution in [2.24, 2.45) is 0 Å². The SMILES string of the molecule is CCCCCCCCCCCCCCCCC/C=C/CC/C=C/CC/C=C/C(O)C(COC1OC(CO)C(OC2OC(CO)C(O)C(O)C2O)C(O)C1O)NC(=O)CCCCCCCCCCCCCCCCCCCCCCCCCC. The molecular formula is C69H129NO13. The molecule has 14 heteroatoms. The Bertz CT molecular complexity index is 1530. The van der Waals surface area contributed by atoms with Gasteiger partial charge in [-0.25, -0.2) is 0 Å². The van der Waals surface area contributed by atoms with E-state index in [-0.39, 0.29) is 18.9 Å². The van der Waals surface area contributed by atoms with Gasteiger partial charge >= 0.3 is 0 Å². The Morgan fingerprint density at radius 1 is 0.422 bits per heavy atom. The van der Waals surface area contributed by atoms with Gasteiger partial charge in [-0.2, -0.15) is 0 Å². The van der Waals surface area contributed by atoms with Crippen LogP contribution in [0.4, 0.5) is 0 Å². The maximum atomic E-state index is 13.3. The van der Waals surface area contributed by atoms with Crippen LogP contribution >= 0.6 is 0 Å². The molecule has 488 valence electrons. The third-order valence-electron chi connectivity index (χ3n) is 17.1. The van der Waals surface area contributed by atoms with Crippen molar-refractivity contribution >= 4 is 5.91 Å². The van der Waals surface area contributed by atoms with Gasteiger partial charge in [-0.05, 0) is 44.9 Å². The van der Waals surface area contributed by atoms with Gasteiger partial charge in [0.25, 0.3) is 0 Å². The number of amides is 1. The molecule has 83 heavy (non-hydrogen) atoms. The predicted octanol–water partition coefficient (Wildman–Crippen LogP) is 13.7. The largest absolute Gasteiger partial charge is 0.394 e. The van der Waals surface area contributed by atoms with E-state index in [2.05, 4.69) is 43.5 Å². The number of ether oxygens (including phenoxy) is 4. The number of nitrogens with one attached hydrogen (secondary N) is 1. The first kappa shape index (κ1) is 77.3. The molecule has 2 fully saturated rings. The number of unbranched alkanes of at least 4 members (excludes halogenated alkanes) is 40. The van der Waals surface area contributed by atoms with Gasteiger partial charge in [-0.3, -0.25) is 4.79 Å². The van der Waals surface area contributed by atoms with Crippen molar-refractivity contribution in [1.82, 2.24) is 5.32 Å². The van der Waals surface area contributed by atoms with Gasteiger partial charge in [0.2, 0.25) is 5.91 Å². The number of carbonyl (C=O) groups is 1. The minimum absolute atomic E-state index is 0.247. The van der Waals surface area contributed by atoms with E-state index in [9.17, 15) is 45.6 Å². The first-order valence-corrected chi connectivity index (χ1v) is 34.7. The van der Waals surface area contributed by atoms with Crippen LogP contribution in [0.2, 0.25) is 0 Å². The zero-order chi connectivity index (χ0) is 60.2. The van der Waals surface area contributed by atoms with Crippen LogP contribution in [-0.4, -0.2) is 140 Å². The maximum Gasteiger partial charge on any atom is 0.220 e. The van der Waals surface area contributed by atoms with Crippen molar-refractivity contribution in [2.75, 3.05) is 19.8 Å². The van der Waals surface area contributed by atoms with Crippen LogP contribution in [0, 0.1) is 0 Å². The third-order valence-corrected chi connectivity index (χ3v) is 17.1. The topological polar surface area (TPSA) is 228 Å². The second-order valence-electron chi connectivity index (χ2n) is 24.6. The summed E-state index contributed by atoms with van der Waals surface area (Å²) >= 11 is 0. The number of hydrogen-bond donors (Lipinski definition) is 9. The van der Waals surface area contributed by atoms with E-state index in [0.717, 1.165) is 44.9 Å². The standard InChI is InChI=1S/C69H129NO13/c1-3-5-7-9-11-13-15-17-19-21-23-25-27-29-30-32-34-36-38-40-42-44-46-48-50-52-58(73)57(56-80-68-66(79)64(77)67(60(55-72)82-68)83-69-65(78)63(76)62(75)59(54-71)81-69)70-61(74)53-51-49-47-45-43-41-39-37-35-33-31-28-26-24-22-20-18-16-14-12-10-8-6-4-2/h34,36,42,44,50,52,57-60,62-69,71-73,75-79H,3-33,35,37-41,43,45-49,51,53-56H2,1-2H3,(H,70,74)/b36-34+,44-42+,52-50+. The highest BCUT2D eigenvalue weighted by atomic mass is 16.7. The highest BCUT2D eigenvalue weighted by Crippen LogP contribution is 2.30. The summed E-state index contributed by atoms with van der Waals surface area (Å²) in [5, 5.41) is 87.4. The first-order valence-electron chi connectivity index (χ1n) is 34.7. The lowest BCUT2D eigenvalue weighted by Gasteiger charge is -2.46. The van der Waals surface area contributed by atoms with Gasteiger partial charge < -0.3 is 65.1 Å². The van der Waals surface area contributed by atoms with Crippen molar-refractivity contribution in [2.45, 2.75) is 376 Å². The lowest BCUT2D eigenvalue weighted by molar-refractivity contribution is -0.359. The first-order chi connectivity index (χ1) is 40.6. The summed E-state index contributed by atoms with van der Waals surface area (Å²) in [6.45, 7) is 2.82. The summed E-state index contributed by atoms with van der Waals surface area (Å²) in [6.07, 6.45) is 52.0. The van der Waals surface area contributed by atoms with Gasteiger partial charge in [0, 0.05) is 6.42 Å². The molecule has 0 aromatic heterocycles. The molecule has 14 nitrogen and oxygen atoms in total. The van der Waals surface area contributed by atoms with Gasteiger partial charge in [-0.1, -0.05) is 288 Å². The molecule has 0 radical (unpaired) electrons. The molecular weight excluding hydrogens is 1050 g/mol. The van der Waals surface area contributed by atoms with Crippen molar-refractivity contribution in [3.8, 4) is 0 Å². The van der Waals surface area contributed by atoms with Crippen molar-refractivity contribution in [1.29, 1.82) is 0 Å². The number of hydrogen-bond acceptors (Lipinski definition) is 13. The van der Waals surface area contributed by atoms with Crippen LogP contribution < -0.4 is 5.32 Å². The smallest absolute Gasteiger partial charge is 0.220 e. The molecule has 9 N–H and O–H groups in total. The normalized spacial score (nSPS) is 24.0. The quantitative estimate of drug-likeness (QED) is 0.0204. The van der Waals surface area contributed by atoms with Crippen molar-refractivity contribution in [3.63, 3.8) is 0 Å². The highest BCUT2D eigenvalue weighted by Gasteiger charge is 2.51. The predicted molar refractivity (Wildman–Crippen MR) is 337 cm³/mol. The fraction of sp³-hybridized carbons (Fsp3) is 0.899. The third kappa shape index (κ3) is 39.0. The summed E-state index contributed by atoms with van der Waals surface area (Å²) in [5.74, 6) is -0.247. The van der Waals surface area contributed by atoms with Crippen LogP contribution in [0.25, 0.3) is 0 Å². The molecule has 0 bridgehead atoms. The Kier molecular flexibility index (Phi) is 50.6. The minimum Gasteiger partial charge on any atom is -0.394 e. The maximum absolute atomic E-state index is 13.3. The average Bonchev–Trinajstić information content (AvgIpc) is 3.59. The molecule has 0 spiro atoms. The molecule has 12 atom stereocenters. The molecule has 0 aromatic rings. The lowest BCUT2D eigenvalue weighted by Crippen LogP contribution is -2.65. The molecule has 2 rings (SSSR count). The highest BCUT2D eigenvalue weighted by molar-refractivity contribution is 5.76. The summed E-state index contributed by atoms with van der Waals surface area (Å²) in [5.41, 5.74) is 0. The molecule has 0 saturated carbocycles. The Morgan fingerprint density at radius 3 is 1.18 bits per heavy atom. The summed E-state index contributed by atoms with van der Waals surface area (Å²) in [6, 6.07) is -0.937. The zero-order valence-corrected chi connectivity index (χ0v) is 53.0. The van der Waals surface area contributed by atoms with Crippen LogP contribution in [0.15, 0.2) is 36.5 Å². The molecule has 12 unspecified atom stereocenters. The number of aliphatic hydroxyl groups is 8. The van der Waals surface area contributed by atoms with E-state index in [1.807, 2.05) is 6.08 Å². The van der Waals surface area contributed by atoms with Gasteiger partial charge in [0.05, 0.1) is 32.0 Å². The second kappa shape index (κ2) is 54.4. The van der Waals surface area contributed by atoms with Crippen LogP contribution in [-0.2, 0) is 23.7 Å². The van der Waals surface area contributed by atoms with Crippen LogP contribution in [0.1, 0.15) is 303 Å². The number of aliphatic hydroxyl groups excluding tert-OH is 8. The second-order valence-corrected chi connectivity index (χ2v) is 24.6. The van der Waals surface area contributed by atoms with E-state index in [1.54, 1.807) is 6.08 Å². The molecule has 0 aliphatic carbocycles. The molecule has 2 aliphatic rings. The van der Waals surface area contributed by atoms with Gasteiger partial charge in [-0.15, -0.1) is 0 Å². The molecule has 2 aliphatic heterocycles. The fourth-order valence-corrected chi connectivity index (χ4v) is 11.5. The van der Waals surface area contributed by atoms with E-state index in [4.69, 9.17) is 18.9 Å². The van der Waals surface area contributed by atoms with Crippen molar-refractivity contribution < 1.29 is 64.6 Å². The summed E-state index contributed by atoms with van der Waals surface area (Å²) in [7, 11) is 0. The van der Waals surface area contributed by atoms with E-state index in [0.29, 0.717) is 12.8 Å². The fourth-order valence-electron chi connectivity index (χ4n) is 11.5. The summed E-state index contributed by atoms with van der Waals surface area (Å²) < 4.78 is 22.8. The zero-order valence-electron chi connectivity index (χ0n) is 53.0. The monoisotopic (exact) mass is 1180 g/mol. The molecule has 2 saturated heterocycles. The number of rotatable bonds is 57. The summed E-state index contributed by atoms with van der Waals surface area (Å²) in [4.78, 5) is 13.3. The van der Waals surface area contributed by atoms with E-state index in [1.165, 1.54) is 225 Å². The molecule has 1 amide bonds. The minimum atomic E-state index is -1.79. The van der Waals surface area contributed by atoms with Gasteiger partial charge in [0.15, 0.2) is 12.6 Å². The molecule has 2 heterocycles. The van der Waals surface area contributed by atoms with Gasteiger partial charge in [0.1, 0.15) is 48.8 Å². The Hall–Kier alpha value is -1.79. The lowest BCUT2D eigenvalue weighted by atomic mass is 9.97. The Morgan fingerprint density at radius 2 is 0.771 bits per heavy atom. The van der Waals surface area contributed by atoms with Crippen LogP contribution in [0.5, 0.6) is 0 Å². The molecule has 0 aromatic carbocycles.